The fourth-order valence-electron chi connectivity index (χ4n) is 2.58. The lowest BCUT2D eigenvalue weighted by Gasteiger charge is -2.28. The highest BCUT2D eigenvalue weighted by molar-refractivity contribution is 4.76. The quantitative estimate of drug-likeness (QED) is 0.644. The van der Waals surface area contributed by atoms with E-state index in [2.05, 4.69) is 0 Å². The molecule has 1 saturated heterocycles. The van der Waals surface area contributed by atoms with Crippen LogP contribution in [-0.2, 0) is 4.74 Å². The Kier molecular flexibility index (Phi) is 7.09. The molecular formula is C14H28O3. The number of aliphatic hydroxyl groups is 2. The summed E-state index contributed by atoms with van der Waals surface area (Å²) in [6.45, 7) is 4.12. The van der Waals surface area contributed by atoms with Gasteiger partial charge in [0.25, 0.3) is 0 Å². The molecule has 1 aliphatic heterocycles. The van der Waals surface area contributed by atoms with Crippen LogP contribution >= 0.6 is 0 Å². The van der Waals surface area contributed by atoms with Crippen molar-refractivity contribution in [3.8, 4) is 0 Å². The Hall–Kier alpha value is -0.120. The topological polar surface area (TPSA) is 49.7 Å². The predicted octanol–water partition coefficient (Wildman–Crippen LogP) is 2.35. The van der Waals surface area contributed by atoms with Gasteiger partial charge in [-0.2, -0.15) is 0 Å². The predicted molar refractivity (Wildman–Crippen MR) is 68.9 cm³/mol. The van der Waals surface area contributed by atoms with Gasteiger partial charge in [-0.3, -0.25) is 0 Å². The zero-order chi connectivity index (χ0) is 12.6. The second kappa shape index (κ2) is 8.06. The zero-order valence-corrected chi connectivity index (χ0v) is 11.2. The van der Waals surface area contributed by atoms with Gasteiger partial charge in [0.15, 0.2) is 0 Å². The van der Waals surface area contributed by atoms with Gasteiger partial charge in [-0.1, -0.05) is 26.2 Å². The molecule has 0 aromatic heterocycles. The molecular weight excluding hydrogens is 216 g/mol. The van der Waals surface area contributed by atoms with Crippen molar-refractivity contribution in [3.05, 3.63) is 0 Å². The third-order valence-electron chi connectivity index (χ3n) is 4.33. The fourth-order valence-corrected chi connectivity index (χ4v) is 2.58. The van der Waals surface area contributed by atoms with E-state index in [0.717, 1.165) is 38.4 Å². The molecule has 1 heterocycles. The summed E-state index contributed by atoms with van der Waals surface area (Å²) >= 11 is 0. The van der Waals surface area contributed by atoms with E-state index in [0.29, 0.717) is 0 Å². The third-order valence-corrected chi connectivity index (χ3v) is 4.33. The molecule has 0 saturated carbocycles. The molecule has 0 bridgehead atoms. The first-order chi connectivity index (χ1) is 8.26. The molecule has 17 heavy (non-hydrogen) atoms. The fraction of sp³-hybridized carbons (Fsp3) is 1.00. The zero-order valence-electron chi connectivity index (χ0n) is 11.2. The monoisotopic (exact) mass is 244 g/mol. The lowest BCUT2D eigenvalue weighted by molar-refractivity contribution is 0.0396. The number of hydrogen-bond acceptors (Lipinski definition) is 3. The minimum atomic E-state index is -0.240. The minimum absolute atomic E-state index is 0.108. The number of ether oxygens (including phenoxy) is 1. The standard InChI is InChI=1S/C14H28O3/c1-2-14(11-15,12-16)8-4-3-5-13-6-9-17-10-7-13/h13,15-16H,2-12H2,1H3. The van der Waals surface area contributed by atoms with Crippen molar-refractivity contribution in [1.82, 2.24) is 0 Å². The average molecular weight is 244 g/mol. The lowest BCUT2D eigenvalue weighted by atomic mass is 9.81. The van der Waals surface area contributed by atoms with Gasteiger partial charge in [-0.25, -0.2) is 0 Å². The Morgan fingerprint density at radius 2 is 1.76 bits per heavy atom. The maximum atomic E-state index is 9.35. The minimum Gasteiger partial charge on any atom is -0.396 e. The first kappa shape index (κ1) is 14.9. The summed E-state index contributed by atoms with van der Waals surface area (Å²) in [6, 6.07) is 0. The normalized spacial score (nSPS) is 18.5. The molecule has 0 spiro atoms. The second-order valence-corrected chi connectivity index (χ2v) is 5.47. The van der Waals surface area contributed by atoms with Crippen molar-refractivity contribution in [3.63, 3.8) is 0 Å². The number of aliphatic hydroxyl groups excluding tert-OH is 2. The van der Waals surface area contributed by atoms with Crippen LogP contribution in [0.5, 0.6) is 0 Å². The Morgan fingerprint density at radius 3 is 2.29 bits per heavy atom. The Balaban J connectivity index is 2.13. The molecule has 0 amide bonds. The smallest absolute Gasteiger partial charge is 0.0509 e. The van der Waals surface area contributed by atoms with Crippen LogP contribution in [0.4, 0.5) is 0 Å². The summed E-state index contributed by atoms with van der Waals surface area (Å²) in [5.41, 5.74) is -0.240. The van der Waals surface area contributed by atoms with Crippen LogP contribution in [0.25, 0.3) is 0 Å². The average Bonchev–Trinajstić information content (AvgIpc) is 2.41. The summed E-state index contributed by atoms with van der Waals surface area (Å²) in [5, 5.41) is 18.7. The Bertz CT molecular complexity index is 176. The van der Waals surface area contributed by atoms with Crippen LogP contribution in [-0.4, -0.2) is 36.6 Å². The molecule has 0 aliphatic carbocycles. The van der Waals surface area contributed by atoms with Gasteiger partial charge in [0.05, 0.1) is 13.2 Å². The maximum Gasteiger partial charge on any atom is 0.0509 e. The van der Waals surface area contributed by atoms with Crippen LogP contribution in [0.3, 0.4) is 0 Å². The molecule has 3 nitrogen and oxygen atoms in total. The second-order valence-electron chi connectivity index (χ2n) is 5.47. The van der Waals surface area contributed by atoms with E-state index in [4.69, 9.17) is 4.74 Å². The van der Waals surface area contributed by atoms with Gasteiger partial charge < -0.3 is 14.9 Å². The SMILES string of the molecule is CCC(CO)(CO)CCCCC1CCOCC1. The van der Waals surface area contributed by atoms with E-state index in [-0.39, 0.29) is 18.6 Å². The van der Waals surface area contributed by atoms with Gasteiger partial charge in [0, 0.05) is 18.6 Å². The molecule has 1 aliphatic rings. The number of rotatable bonds is 8. The highest BCUT2D eigenvalue weighted by Gasteiger charge is 2.25. The van der Waals surface area contributed by atoms with Crippen molar-refractivity contribution in [1.29, 1.82) is 0 Å². The molecule has 3 heteroatoms. The maximum absolute atomic E-state index is 9.35. The summed E-state index contributed by atoms with van der Waals surface area (Å²) in [5.74, 6) is 0.836. The molecule has 0 aromatic rings. The number of hydrogen-bond donors (Lipinski definition) is 2. The first-order valence-electron chi connectivity index (χ1n) is 7.06. The van der Waals surface area contributed by atoms with Crippen LogP contribution in [0.2, 0.25) is 0 Å². The summed E-state index contributed by atoms with van der Waals surface area (Å²) in [7, 11) is 0. The molecule has 102 valence electrons. The van der Waals surface area contributed by atoms with Crippen LogP contribution < -0.4 is 0 Å². The van der Waals surface area contributed by atoms with E-state index in [1.807, 2.05) is 6.92 Å². The van der Waals surface area contributed by atoms with E-state index >= 15 is 0 Å². The van der Waals surface area contributed by atoms with Crippen molar-refractivity contribution in [2.24, 2.45) is 11.3 Å². The van der Waals surface area contributed by atoms with E-state index in [9.17, 15) is 10.2 Å². The van der Waals surface area contributed by atoms with Crippen LogP contribution in [0.1, 0.15) is 51.9 Å². The molecule has 1 rings (SSSR count). The molecule has 0 atom stereocenters. The van der Waals surface area contributed by atoms with Crippen molar-refractivity contribution < 1.29 is 14.9 Å². The molecule has 0 unspecified atom stereocenters. The molecule has 0 aromatic carbocycles. The van der Waals surface area contributed by atoms with Gasteiger partial charge in [-0.05, 0) is 31.6 Å². The van der Waals surface area contributed by atoms with Crippen molar-refractivity contribution in [2.75, 3.05) is 26.4 Å². The van der Waals surface area contributed by atoms with Crippen molar-refractivity contribution in [2.45, 2.75) is 51.9 Å². The van der Waals surface area contributed by atoms with Crippen LogP contribution in [0.15, 0.2) is 0 Å². The highest BCUT2D eigenvalue weighted by atomic mass is 16.5. The van der Waals surface area contributed by atoms with Gasteiger partial charge in [0.2, 0.25) is 0 Å². The number of unbranched alkanes of at least 4 members (excludes halogenated alkanes) is 1. The van der Waals surface area contributed by atoms with Crippen LogP contribution in [0, 0.1) is 11.3 Å². The summed E-state index contributed by atoms with van der Waals surface area (Å²) in [4.78, 5) is 0. The van der Waals surface area contributed by atoms with E-state index < -0.39 is 0 Å². The first-order valence-corrected chi connectivity index (χ1v) is 7.06. The third kappa shape index (κ3) is 4.94. The molecule has 1 fully saturated rings. The van der Waals surface area contributed by atoms with Gasteiger partial charge >= 0.3 is 0 Å². The summed E-state index contributed by atoms with van der Waals surface area (Å²) < 4.78 is 5.35. The van der Waals surface area contributed by atoms with Crippen molar-refractivity contribution >= 4 is 0 Å². The van der Waals surface area contributed by atoms with E-state index in [1.165, 1.54) is 25.7 Å². The molecule has 2 N–H and O–H groups in total. The Labute approximate surface area is 105 Å². The van der Waals surface area contributed by atoms with Gasteiger partial charge in [-0.15, -0.1) is 0 Å². The lowest BCUT2D eigenvalue weighted by Crippen LogP contribution is -2.29. The molecule has 0 radical (unpaired) electrons. The van der Waals surface area contributed by atoms with E-state index in [1.54, 1.807) is 0 Å². The summed E-state index contributed by atoms with van der Waals surface area (Å²) in [6.07, 6.45) is 7.83. The Morgan fingerprint density at radius 1 is 1.12 bits per heavy atom. The van der Waals surface area contributed by atoms with Gasteiger partial charge in [0.1, 0.15) is 0 Å². The highest BCUT2D eigenvalue weighted by Crippen LogP contribution is 2.29. The largest absolute Gasteiger partial charge is 0.396 e.